The van der Waals surface area contributed by atoms with E-state index >= 15 is 0 Å². The van der Waals surface area contributed by atoms with Crippen molar-refractivity contribution >= 4 is 11.6 Å². The number of carbonyl (C=O) groups is 1. The van der Waals surface area contributed by atoms with E-state index in [-0.39, 0.29) is 11.8 Å². The summed E-state index contributed by atoms with van der Waals surface area (Å²) < 4.78 is 0. The Hall–Kier alpha value is -2.36. The van der Waals surface area contributed by atoms with Crippen molar-refractivity contribution in [1.29, 1.82) is 0 Å². The summed E-state index contributed by atoms with van der Waals surface area (Å²) in [5.41, 5.74) is 5.09. The van der Waals surface area contributed by atoms with Crippen LogP contribution in [-0.2, 0) is 17.8 Å². The van der Waals surface area contributed by atoms with Gasteiger partial charge in [0.05, 0.1) is 0 Å². The summed E-state index contributed by atoms with van der Waals surface area (Å²) in [6.45, 7) is 1.74. The molecule has 124 valence electrons. The van der Waals surface area contributed by atoms with Gasteiger partial charge in [0.25, 0.3) is 0 Å². The Labute approximate surface area is 142 Å². The molecule has 1 aliphatic carbocycles. The van der Waals surface area contributed by atoms with Gasteiger partial charge in [0.1, 0.15) is 0 Å². The number of aryl methyl sites for hydroxylation is 1. The van der Waals surface area contributed by atoms with Gasteiger partial charge in [0.2, 0.25) is 5.91 Å². The van der Waals surface area contributed by atoms with Crippen LogP contribution in [-0.4, -0.2) is 24.5 Å². The topological polar surface area (TPSA) is 45.2 Å². The highest BCUT2D eigenvalue weighted by Gasteiger charge is 2.43. The van der Waals surface area contributed by atoms with Gasteiger partial charge in [-0.25, -0.2) is 0 Å². The Kier molecular flexibility index (Phi) is 3.97. The van der Waals surface area contributed by atoms with Crippen LogP contribution in [0.25, 0.3) is 0 Å². The van der Waals surface area contributed by atoms with Gasteiger partial charge in [-0.15, -0.1) is 0 Å². The Morgan fingerprint density at radius 3 is 3.12 bits per heavy atom. The molecule has 0 saturated heterocycles. The van der Waals surface area contributed by atoms with E-state index in [0.717, 1.165) is 19.4 Å². The highest BCUT2D eigenvalue weighted by molar-refractivity contribution is 5.82. The van der Waals surface area contributed by atoms with E-state index in [1.54, 1.807) is 6.20 Å². The fraction of sp³-hybridized carbons (Fsp3) is 0.400. The number of rotatable bonds is 4. The first-order valence-corrected chi connectivity index (χ1v) is 8.73. The minimum Gasteiger partial charge on any atom is -0.374 e. The quantitative estimate of drug-likeness (QED) is 0.942. The Morgan fingerprint density at radius 1 is 1.38 bits per heavy atom. The number of nitrogens with zero attached hydrogens (tertiary/aromatic N) is 2. The number of amides is 1. The maximum absolute atomic E-state index is 12.4. The Balaban J connectivity index is 1.35. The van der Waals surface area contributed by atoms with E-state index in [1.165, 1.54) is 28.8 Å². The highest BCUT2D eigenvalue weighted by Crippen LogP contribution is 2.47. The molecule has 1 aromatic heterocycles. The van der Waals surface area contributed by atoms with Crippen LogP contribution in [0.1, 0.15) is 35.4 Å². The van der Waals surface area contributed by atoms with Crippen LogP contribution in [0, 0.1) is 5.92 Å². The first kappa shape index (κ1) is 15.2. The van der Waals surface area contributed by atoms with Crippen LogP contribution in [0.5, 0.6) is 0 Å². The van der Waals surface area contributed by atoms with Crippen molar-refractivity contribution in [2.24, 2.45) is 5.92 Å². The zero-order valence-electron chi connectivity index (χ0n) is 14.0. The van der Waals surface area contributed by atoms with Crippen molar-refractivity contribution in [2.45, 2.75) is 31.7 Å². The van der Waals surface area contributed by atoms with Gasteiger partial charge in [-0.1, -0.05) is 18.2 Å². The molecule has 1 aromatic carbocycles. The van der Waals surface area contributed by atoms with Crippen LogP contribution in [0.15, 0.2) is 42.7 Å². The third-order valence-corrected chi connectivity index (χ3v) is 5.20. The molecule has 2 aromatic rings. The van der Waals surface area contributed by atoms with Crippen molar-refractivity contribution < 1.29 is 4.79 Å². The standard InChI is InChI=1S/C20H23N3O/c1-23-9-3-5-15-10-14(6-7-19(15)23)12-22-20(24)18-11-17(18)16-4-2-8-21-13-16/h2,4,6-8,10,13,17-18H,3,5,9,11-12H2,1H3,(H,22,24). The number of benzene rings is 1. The smallest absolute Gasteiger partial charge is 0.224 e. The first-order valence-electron chi connectivity index (χ1n) is 8.73. The highest BCUT2D eigenvalue weighted by atomic mass is 16.2. The molecule has 4 rings (SSSR count). The van der Waals surface area contributed by atoms with E-state index in [4.69, 9.17) is 0 Å². The number of nitrogens with one attached hydrogen (secondary N) is 1. The predicted octanol–water partition coefficient (Wildman–Crippen LogP) is 2.88. The molecule has 2 aliphatic rings. The molecule has 24 heavy (non-hydrogen) atoms. The molecule has 1 aliphatic heterocycles. The fourth-order valence-electron chi connectivity index (χ4n) is 3.72. The normalized spacial score (nSPS) is 22.0. The fourth-order valence-corrected chi connectivity index (χ4v) is 3.72. The average molecular weight is 321 g/mol. The molecule has 0 bridgehead atoms. The van der Waals surface area contributed by atoms with Crippen LogP contribution in [0.4, 0.5) is 5.69 Å². The minimum absolute atomic E-state index is 0.109. The number of fused-ring (bicyclic) bond motifs is 1. The molecule has 2 unspecified atom stereocenters. The molecule has 1 amide bonds. The monoisotopic (exact) mass is 321 g/mol. The molecule has 0 spiro atoms. The summed E-state index contributed by atoms with van der Waals surface area (Å²) in [6, 6.07) is 10.6. The molecule has 1 saturated carbocycles. The largest absolute Gasteiger partial charge is 0.374 e. The number of carbonyl (C=O) groups excluding carboxylic acids is 1. The summed E-state index contributed by atoms with van der Waals surface area (Å²) in [4.78, 5) is 18.8. The summed E-state index contributed by atoms with van der Waals surface area (Å²) in [7, 11) is 2.14. The lowest BCUT2D eigenvalue weighted by molar-refractivity contribution is -0.122. The lowest BCUT2D eigenvalue weighted by Crippen LogP contribution is -2.26. The SMILES string of the molecule is CN1CCCc2cc(CNC(=O)C3CC3c3cccnc3)ccc21. The lowest BCUT2D eigenvalue weighted by Gasteiger charge is -2.27. The number of hydrogen-bond acceptors (Lipinski definition) is 3. The molecule has 4 nitrogen and oxygen atoms in total. The van der Waals surface area contributed by atoms with Crippen LogP contribution < -0.4 is 10.2 Å². The van der Waals surface area contributed by atoms with Crippen molar-refractivity contribution in [3.8, 4) is 0 Å². The van der Waals surface area contributed by atoms with Crippen molar-refractivity contribution in [3.05, 3.63) is 59.4 Å². The molecule has 4 heteroatoms. The Bertz CT molecular complexity index is 744. The van der Waals surface area contributed by atoms with Gasteiger partial charge in [-0.2, -0.15) is 0 Å². The minimum atomic E-state index is 0.109. The maximum Gasteiger partial charge on any atom is 0.224 e. The van der Waals surface area contributed by atoms with E-state index in [2.05, 4.69) is 46.5 Å². The molecule has 2 heterocycles. The zero-order valence-corrected chi connectivity index (χ0v) is 14.0. The van der Waals surface area contributed by atoms with Gasteiger partial charge in [0, 0.05) is 44.1 Å². The van der Waals surface area contributed by atoms with Gasteiger partial charge in [-0.3, -0.25) is 9.78 Å². The van der Waals surface area contributed by atoms with Gasteiger partial charge < -0.3 is 10.2 Å². The van der Waals surface area contributed by atoms with Crippen molar-refractivity contribution in [1.82, 2.24) is 10.3 Å². The van der Waals surface area contributed by atoms with Gasteiger partial charge in [-0.05, 0) is 54.0 Å². The Morgan fingerprint density at radius 2 is 2.29 bits per heavy atom. The molecule has 0 radical (unpaired) electrons. The van der Waals surface area contributed by atoms with E-state index in [0.29, 0.717) is 12.5 Å². The van der Waals surface area contributed by atoms with Crippen LogP contribution >= 0.6 is 0 Å². The molecular formula is C20H23N3O. The molecule has 2 atom stereocenters. The number of aromatic nitrogens is 1. The molecule has 1 fully saturated rings. The van der Waals surface area contributed by atoms with Crippen LogP contribution in [0.2, 0.25) is 0 Å². The number of pyridine rings is 1. The van der Waals surface area contributed by atoms with Crippen molar-refractivity contribution in [2.75, 3.05) is 18.5 Å². The third kappa shape index (κ3) is 3.01. The molecule has 1 N–H and O–H groups in total. The molecular weight excluding hydrogens is 298 g/mol. The maximum atomic E-state index is 12.4. The second-order valence-electron chi connectivity index (χ2n) is 6.94. The second kappa shape index (κ2) is 6.27. The first-order chi connectivity index (χ1) is 11.7. The van der Waals surface area contributed by atoms with E-state index in [1.807, 2.05) is 12.3 Å². The van der Waals surface area contributed by atoms with E-state index in [9.17, 15) is 4.79 Å². The van der Waals surface area contributed by atoms with E-state index < -0.39 is 0 Å². The second-order valence-corrected chi connectivity index (χ2v) is 6.94. The summed E-state index contributed by atoms with van der Waals surface area (Å²) >= 11 is 0. The summed E-state index contributed by atoms with van der Waals surface area (Å²) in [6.07, 6.45) is 6.92. The average Bonchev–Trinajstić information content (AvgIpc) is 3.41. The van der Waals surface area contributed by atoms with Crippen molar-refractivity contribution in [3.63, 3.8) is 0 Å². The lowest BCUT2D eigenvalue weighted by atomic mass is 9.99. The van der Waals surface area contributed by atoms with Gasteiger partial charge >= 0.3 is 0 Å². The van der Waals surface area contributed by atoms with Crippen LogP contribution in [0.3, 0.4) is 0 Å². The summed E-state index contributed by atoms with van der Waals surface area (Å²) in [5, 5.41) is 3.11. The summed E-state index contributed by atoms with van der Waals surface area (Å²) in [5.74, 6) is 0.618. The van der Waals surface area contributed by atoms with Gasteiger partial charge in [0.15, 0.2) is 0 Å². The predicted molar refractivity (Wildman–Crippen MR) is 95.0 cm³/mol. The number of hydrogen-bond donors (Lipinski definition) is 1. The number of anilines is 1. The zero-order chi connectivity index (χ0) is 16.5. The third-order valence-electron chi connectivity index (χ3n) is 5.20.